The van der Waals surface area contributed by atoms with Crippen molar-refractivity contribution in [3.63, 3.8) is 0 Å². The molecule has 0 radical (unpaired) electrons. The summed E-state index contributed by atoms with van der Waals surface area (Å²) >= 11 is 8.61. The Morgan fingerprint density at radius 3 is 2.75 bits per heavy atom. The van der Waals surface area contributed by atoms with E-state index in [1.54, 1.807) is 6.07 Å². The lowest BCUT2D eigenvalue weighted by molar-refractivity contribution is 0.745. The molecule has 0 aliphatic carbocycles. The summed E-state index contributed by atoms with van der Waals surface area (Å²) < 4.78 is 2.46. The largest absolute Gasteiger partial charge is 0.361 e. The molecule has 0 fully saturated rings. The molecular formula is C20H20BrN5OS. The molecule has 0 saturated carbocycles. The summed E-state index contributed by atoms with van der Waals surface area (Å²) in [5.74, 6) is 0.412. The fourth-order valence-electron chi connectivity index (χ4n) is 2.64. The van der Waals surface area contributed by atoms with E-state index in [-0.39, 0.29) is 5.56 Å². The van der Waals surface area contributed by atoms with Crippen molar-refractivity contribution in [1.82, 2.24) is 20.3 Å². The Morgan fingerprint density at radius 1 is 1.25 bits per heavy atom. The minimum atomic E-state index is -0.155. The highest BCUT2D eigenvalue weighted by Gasteiger charge is 2.11. The number of aromatic nitrogens is 2. The standard InChI is InChI=1S/C20H20BrN5OS/c1-2-3-12-22-20(28)25-23-13-18-24-17-7-5-4-6-16(17)19(27)26(18)15-10-8-14(21)9-11-15/h4-11,13H,2-3,12H2,1H3,(H2,22,25,28). The molecule has 2 N–H and O–H groups in total. The first-order valence-electron chi connectivity index (χ1n) is 8.95. The third-order valence-corrected chi connectivity index (χ3v) is 4.81. The monoisotopic (exact) mass is 457 g/mol. The van der Waals surface area contributed by atoms with Crippen LogP contribution in [0.25, 0.3) is 16.6 Å². The van der Waals surface area contributed by atoms with Gasteiger partial charge in [0.05, 0.1) is 22.8 Å². The Hall–Kier alpha value is -2.58. The van der Waals surface area contributed by atoms with Crippen molar-refractivity contribution < 1.29 is 0 Å². The van der Waals surface area contributed by atoms with Crippen molar-refractivity contribution in [3.05, 3.63) is 69.2 Å². The van der Waals surface area contributed by atoms with Crippen LogP contribution in [-0.4, -0.2) is 27.4 Å². The molecule has 0 bridgehead atoms. The van der Waals surface area contributed by atoms with Gasteiger partial charge in [-0.3, -0.25) is 14.8 Å². The zero-order chi connectivity index (χ0) is 19.9. The summed E-state index contributed by atoms with van der Waals surface area (Å²) in [7, 11) is 0. The third-order valence-electron chi connectivity index (χ3n) is 4.05. The SMILES string of the molecule is CCCCNC(=S)NN=Cc1nc2ccccc2c(=O)n1-c1ccc(Br)cc1. The number of nitrogens with one attached hydrogen (secondary N) is 2. The highest BCUT2D eigenvalue weighted by molar-refractivity contribution is 9.10. The van der Waals surface area contributed by atoms with Crippen LogP contribution in [0.15, 0.2) is 62.9 Å². The van der Waals surface area contributed by atoms with E-state index in [2.05, 4.69) is 43.7 Å². The zero-order valence-electron chi connectivity index (χ0n) is 15.4. The highest BCUT2D eigenvalue weighted by Crippen LogP contribution is 2.15. The molecular weight excluding hydrogens is 438 g/mol. The smallest absolute Gasteiger partial charge is 0.266 e. The fourth-order valence-corrected chi connectivity index (χ4v) is 3.06. The van der Waals surface area contributed by atoms with Gasteiger partial charge in [-0.25, -0.2) is 4.98 Å². The van der Waals surface area contributed by atoms with Crippen LogP contribution in [0.4, 0.5) is 0 Å². The van der Waals surface area contributed by atoms with E-state index in [1.165, 1.54) is 10.8 Å². The maximum atomic E-state index is 13.1. The molecule has 0 spiro atoms. The second-order valence-corrected chi connectivity index (χ2v) is 7.41. The number of para-hydroxylation sites is 1. The number of hydrazone groups is 1. The lowest BCUT2D eigenvalue weighted by Crippen LogP contribution is -2.33. The van der Waals surface area contributed by atoms with Crippen molar-refractivity contribution >= 4 is 50.4 Å². The van der Waals surface area contributed by atoms with E-state index in [0.29, 0.717) is 27.5 Å². The van der Waals surface area contributed by atoms with Gasteiger partial charge in [0.1, 0.15) is 0 Å². The molecule has 1 aromatic heterocycles. The van der Waals surface area contributed by atoms with Gasteiger partial charge in [0.2, 0.25) is 0 Å². The Kier molecular flexibility index (Phi) is 6.89. The molecule has 0 aliphatic rings. The van der Waals surface area contributed by atoms with Crippen molar-refractivity contribution in [2.24, 2.45) is 5.10 Å². The lowest BCUT2D eigenvalue weighted by Gasteiger charge is -2.11. The van der Waals surface area contributed by atoms with Crippen molar-refractivity contribution in [1.29, 1.82) is 0 Å². The van der Waals surface area contributed by atoms with Gasteiger partial charge in [-0.2, -0.15) is 5.10 Å². The lowest BCUT2D eigenvalue weighted by atomic mass is 10.2. The molecule has 1 heterocycles. The molecule has 2 aromatic carbocycles. The van der Waals surface area contributed by atoms with Crippen LogP contribution in [0.5, 0.6) is 0 Å². The number of hydrogen-bond acceptors (Lipinski definition) is 4. The van der Waals surface area contributed by atoms with Gasteiger partial charge in [-0.05, 0) is 55.0 Å². The average molecular weight is 458 g/mol. The van der Waals surface area contributed by atoms with E-state index in [1.807, 2.05) is 42.5 Å². The zero-order valence-corrected chi connectivity index (χ0v) is 17.8. The molecule has 3 aromatic rings. The van der Waals surface area contributed by atoms with Gasteiger partial charge < -0.3 is 5.32 Å². The fraction of sp³-hybridized carbons (Fsp3) is 0.200. The minimum absolute atomic E-state index is 0.155. The van der Waals surface area contributed by atoms with Crippen molar-refractivity contribution in [2.75, 3.05) is 6.54 Å². The van der Waals surface area contributed by atoms with Gasteiger partial charge in [-0.15, -0.1) is 0 Å². The molecule has 3 rings (SSSR count). The van der Waals surface area contributed by atoms with Gasteiger partial charge in [0.25, 0.3) is 5.56 Å². The van der Waals surface area contributed by atoms with Crippen LogP contribution < -0.4 is 16.3 Å². The summed E-state index contributed by atoms with van der Waals surface area (Å²) in [6, 6.07) is 14.7. The number of unbranched alkanes of at least 4 members (excludes halogenated alkanes) is 1. The molecule has 0 unspecified atom stereocenters. The molecule has 8 heteroatoms. The van der Waals surface area contributed by atoms with Gasteiger partial charge in [0, 0.05) is 11.0 Å². The van der Waals surface area contributed by atoms with E-state index >= 15 is 0 Å². The Bertz CT molecular complexity index is 1060. The minimum Gasteiger partial charge on any atom is -0.361 e. The molecule has 6 nitrogen and oxygen atoms in total. The van der Waals surface area contributed by atoms with E-state index in [0.717, 1.165) is 23.9 Å². The number of benzene rings is 2. The summed E-state index contributed by atoms with van der Waals surface area (Å²) in [4.78, 5) is 17.7. The average Bonchev–Trinajstić information content (AvgIpc) is 2.69. The summed E-state index contributed by atoms with van der Waals surface area (Å²) in [6.45, 7) is 2.90. The molecule has 0 saturated heterocycles. The predicted molar refractivity (Wildman–Crippen MR) is 121 cm³/mol. The Labute approximate surface area is 176 Å². The third kappa shape index (κ3) is 4.82. The summed E-state index contributed by atoms with van der Waals surface area (Å²) in [5.41, 5.74) is 3.94. The van der Waals surface area contributed by atoms with E-state index < -0.39 is 0 Å². The number of thiocarbonyl (C=S) groups is 1. The van der Waals surface area contributed by atoms with E-state index in [9.17, 15) is 4.79 Å². The maximum absolute atomic E-state index is 13.1. The second-order valence-electron chi connectivity index (χ2n) is 6.08. The molecule has 0 aliphatic heterocycles. The molecule has 0 atom stereocenters. The first kappa shape index (κ1) is 20.2. The maximum Gasteiger partial charge on any atom is 0.266 e. The number of fused-ring (bicyclic) bond motifs is 1. The van der Waals surface area contributed by atoms with Crippen LogP contribution in [0.3, 0.4) is 0 Å². The summed E-state index contributed by atoms with van der Waals surface area (Å²) in [5, 5.41) is 8.22. The first-order chi connectivity index (χ1) is 13.6. The Balaban J connectivity index is 1.97. The number of hydrogen-bond donors (Lipinski definition) is 2. The van der Waals surface area contributed by atoms with Gasteiger partial charge >= 0.3 is 0 Å². The number of rotatable bonds is 6. The van der Waals surface area contributed by atoms with Crippen LogP contribution in [0, 0.1) is 0 Å². The Morgan fingerprint density at radius 2 is 2.00 bits per heavy atom. The predicted octanol–water partition coefficient (Wildman–Crippen LogP) is 3.75. The quantitative estimate of drug-likeness (QED) is 0.255. The first-order valence-corrected chi connectivity index (χ1v) is 10.1. The highest BCUT2D eigenvalue weighted by atomic mass is 79.9. The normalized spacial score (nSPS) is 11.1. The van der Waals surface area contributed by atoms with Crippen molar-refractivity contribution in [2.45, 2.75) is 19.8 Å². The van der Waals surface area contributed by atoms with Crippen LogP contribution >= 0.6 is 28.1 Å². The van der Waals surface area contributed by atoms with Crippen LogP contribution in [-0.2, 0) is 0 Å². The van der Waals surface area contributed by atoms with Crippen molar-refractivity contribution in [3.8, 4) is 5.69 Å². The molecule has 28 heavy (non-hydrogen) atoms. The van der Waals surface area contributed by atoms with Gasteiger partial charge in [-0.1, -0.05) is 41.4 Å². The molecule has 0 amide bonds. The van der Waals surface area contributed by atoms with Crippen LogP contribution in [0.2, 0.25) is 0 Å². The van der Waals surface area contributed by atoms with Gasteiger partial charge in [0.15, 0.2) is 10.9 Å². The topological polar surface area (TPSA) is 71.3 Å². The molecule has 144 valence electrons. The number of halogens is 1. The number of nitrogens with zero attached hydrogens (tertiary/aromatic N) is 3. The summed E-state index contributed by atoms with van der Waals surface area (Å²) in [6.07, 6.45) is 3.61. The van der Waals surface area contributed by atoms with Crippen LogP contribution in [0.1, 0.15) is 25.6 Å². The second kappa shape index (κ2) is 9.57. The van der Waals surface area contributed by atoms with E-state index in [4.69, 9.17) is 12.2 Å².